The molecule has 0 spiro atoms. The smallest absolute Gasteiger partial charge is 0.0575 e. The molecule has 1 fully saturated rings. The Morgan fingerprint density at radius 1 is 1.27 bits per heavy atom. The van der Waals surface area contributed by atoms with E-state index < -0.39 is 0 Å². The molecule has 0 aromatic rings. The molecule has 0 aromatic carbocycles. The van der Waals surface area contributed by atoms with Crippen molar-refractivity contribution in [2.24, 2.45) is 0 Å². The molecular formula is C10H19O. The van der Waals surface area contributed by atoms with Crippen LogP contribution < -0.4 is 0 Å². The van der Waals surface area contributed by atoms with Gasteiger partial charge in [-0.1, -0.05) is 26.7 Å². The molecule has 1 radical (unpaired) electrons. The molecule has 1 heteroatoms. The summed E-state index contributed by atoms with van der Waals surface area (Å²) in [5, 5.41) is 0. The minimum absolute atomic E-state index is 0.592. The fourth-order valence-electron chi connectivity index (χ4n) is 1.48. The van der Waals surface area contributed by atoms with Crippen LogP contribution in [-0.4, -0.2) is 12.7 Å². The molecule has 1 saturated carbocycles. The highest BCUT2D eigenvalue weighted by Crippen LogP contribution is 2.21. The summed E-state index contributed by atoms with van der Waals surface area (Å²) in [4.78, 5) is 0. The molecule has 0 saturated heterocycles. The second kappa shape index (κ2) is 4.76. The molecule has 11 heavy (non-hydrogen) atoms. The van der Waals surface area contributed by atoms with Gasteiger partial charge in [-0.15, -0.1) is 0 Å². The van der Waals surface area contributed by atoms with Crippen molar-refractivity contribution in [2.45, 2.75) is 52.1 Å². The number of hydrogen-bond acceptors (Lipinski definition) is 1. The van der Waals surface area contributed by atoms with Crippen LogP contribution in [0.25, 0.3) is 0 Å². The lowest BCUT2D eigenvalue weighted by atomic mass is 10.1. The summed E-state index contributed by atoms with van der Waals surface area (Å²) in [5.74, 6) is 1.47. The van der Waals surface area contributed by atoms with E-state index in [9.17, 15) is 0 Å². The van der Waals surface area contributed by atoms with E-state index in [1.54, 1.807) is 0 Å². The second-order valence-electron chi connectivity index (χ2n) is 3.73. The quantitative estimate of drug-likeness (QED) is 0.606. The maximum Gasteiger partial charge on any atom is 0.0575 e. The Morgan fingerprint density at radius 3 is 2.45 bits per heavy atom. The van der Waals surface area contributed by atoms with Crippen molar-refractivity contribution in [1.82, 2.24) is 0 Å². The van der Waals surface area contributed by atoms with Gasteiger partial charge in [-0.05, 0) is 25.2 Å². The molecular weight excluding hydrogens is 136 g/mol. The lowest BCUT2D eigenvalue weighted by molar-refractivity contribution is 0.0586. The van der Waals surface area contributed by atoms with Crippen molar-refractivity contribution in [3.63, 3.8) is 0 Å². The van der Waals surface area contributed by atoms with Crippen LogP contribution in [0.2, 0.25) is 0 Å². The van der Waals surface area contributed by atoms with Gasteiger partial charge in [0, 0.05) is 6.61 Å². The third-order valence-corrected chi connectivity index (χ3v) is 2.26. The van der Waals surface area contributed by atoms with E-state index in [0.717, 1.165) is 13.0 Å². The maximum absolute atomic E-state index is 5.69. The third kappa shape index (κ3) is 3.76. The number of hydrogen-bond donors (Lipinski definition) is 0. The molecule has 65 valence electrons. The molecule has 0 bridgehead atoms. The zero-order chi connectivity index (χ0) is 8.10. The van der Waals surface area contributed by atoms with E-state index in [1.165, 1.54) is 31.6 Å². The number of ether oxygens (including phenoxy) is 1. The van der Waals surface area contributed by atoms with Gasteiger partial charge < -0.3 is 4.74 Å². The van der Waals surface area contributed by atoms with Crippen LogP contribution in [0.1, 0.15) is 46.0 Å². The van der Waals surface area contributed by atoms with Gasteiger partial charge >= 0.3 is 0 Å². The van der Waals surface area contributed by atoms with Crippen molar-refractivity contribution in [2.75, 3.05) is 6.61 Å². The molecule has 1 nitrogen and oxygen atoms in total. The summed E-state index contributed by atoms with van der Waals surface area (Å²) < 4.78 is 5.69. The zero-order valence-corrected chi connectivity index (χ0v) is 7.73. The van der Waals surface area contributed by atoms with E-state index >= 15 is 0 Å². The molecule has 1 aliphatic carbocycles. The maximum atomic E-state index is 5.69. The third-order valence-electron chi connectivity index (χ3n) is 2.26. The first-order valence-corrected chi connectivity index (χ1v) is 4.69. The first kappa shape index (κ1) is 9.05. The van der Waals surface area contributed by atoms with Crippen molar-refractivity contribution in [3.05, 3.63) is 5.92 Å². The van der Waals surface area contributed by atoms with Gasteiger partial charge in [0.25, 0.3) is 0 Å². The Morgan fingerprint density at radius 2 is 1.91 bits per heavy atom. The van der Waals surface area contributed by atoms with E-state index in [4.69, 9.17) is 4.74 Å². The Kier molecular flexibility index (Phi) is 3.92. The Labute approximate surface area is 70.1 Å². The largest absolute Gasteiger partial charge is 0.378 e. The summed E-state index contributed by atoms with van der Waals surface area (Å²) in [5.41, 5.74) is 0. The van der Waals surface area contributed by atoms with Crippen molar-refractivity contribution < 1.29 is 4.74 Å². The highest BCUT2D eigenvalue weighted by molar-refractivity contribution is 4.76. The minimum Gasteiger partial charge on any atom is -0.378 e. The Hall–Kier alpha value is -0.0400. The van der Waals surface area contributed by atoms with Gasteiger partial charge in [0.1, 0.15) is 0 Å². The SMILES string of the molecule is C[C](C)CCOC1CCCC1. The number of rotatable bonds is 4. The fraction of sp³-hybridized carbons (Fsp3) is 0.900. The van der Waals surface area contributed by atoms with Crippen LogP contribution in [-0.2, 0) is 4.74 Å². The molecule has 0 amide bonds. The van der Waals surface area contributed by atoms with Crippen LogP contribution in [0, 0.1) is 5.92 Å². The second-order valence-corrected chi connectivity index (χ2v) is 3.73. The monoisotopic (exact) mass is 155 g/mol. The average Bonchev–Trinajstić information content (AvgIpc) is 2.39. The molecule has 0 aliphatic heterocycles. The highest BCUT2D eigenvalue weighted by atomic mass is 16.5. The van der Waals surface area contributed by atoms with Crippen LogP contribution in [0.5, 0.6) is 0 Å². The van der Waals surface area contributed by atoms with Gasteiger partial charge in [-0.2, -0.15) is 0 Å². The first-order chi connectivity index (χ1) is 5.29. The van der Waals surface area contributed by atoms with Gasteiger partial charge in [0.15, 0.2) is 0 Å². The lowest BCUT2D eigenvalue weighted by Crippen LogP contribution is -2.09. The van der Waals surface area contributed by atoms with E-state index in [2.05, 4.69) is 13.8 Å². The van der Waals surface area contributed by atoms with Gasteiger partial charge in [0.2, 0.25) is 0 Å². The van der Waals surface area contributed by atoms with Gasteiger partial charge in [0.05, 0.1) is 6.10 Å². The molecule has 0 N–H and O–H groups in total. The molecule has 1 aliphatic rings. The molecule has 0 unspecified atom stereocenters. The molecule has 1 rings (SSSR count). The van der Waals surface area contributed by atoms with Crippen LogP contribution >= 0.6 is 0 Å². The normalized spacial score (nSPS) is 19.9. The fourth-order valence-corrected chi connectivity index (χ4v) is 1.48. The van der Waals surface area contributed by atoms with Crippen LogP contribution in [0.15, 0.2) is 0 Å². The summed E-state index contributed by atoms with van der Waals surface area (Å²) >= 11 is 0. The standard InChI is InChI=1S/C10H19O/c1-9(2)7-8-11-10-5-3-4-6-10/h10H,3-8H2,1-2H3. The molecule has 0 atom stereocenters. The van der Waals surface area contributed by atoms with Crippen molar-refractivity contribution in [1.29, 1.82) is 0 Å². The van der Waals surface area contributed by atoms with Gasteiger partial charge in [-0.3, -0.25) is 0 Å². The predicted molar refractivity (Wildman–Crippen MR) is 47.4 cm³/mol. The average molecular weight is 155 g/mol. The Balaban J connectivity index is 1.94. The van der Waals surface area contributed by atoms with Crippen LogP contribution in [0.4, 0.5) is 0 Å². The van der Waals surface area contributed by atoms with Crippen LogP contribution in [0.3, 0.4) is 0 Å². The Bertz CT molecular complexity index is 93.0. The zero-order valence-electron chi connectivity index (χ0n) is 7.73. The van der Waals surface area contributed by atoms with E-state index in [1.807, 2.05) is 0 Å². The summed E-state index contributed by atoms with van der Waals surface area (Å²) in [7, 11) is 0. The lowest BCUT2D eigenvalue weighted by Gasteiger charge is -2.11. The molecule has 0 heterocycles. The highest BCUT2D eigenvalue weighted by Gasteiger charge is 2.14. The predicted octanol–water partition coefficient (Wildman–Crippen LogP) is 2.95. The van der Waals surface area contributed by atoms with Gasteiger partial charge in [-0.25, -0.2) is 0 Å². The summed E-state index contributed by atoms with van der Waals surface area (Å²) in [6.45, 7) is 5.27. The minimum atomic E-state index is 0.592. The van der Waals surface area contributed by atoms with E-state index in [-0.39, 0.29) is 0 Å². The summed E-state index contributed by atoms with van der Waals surface area (Å²) in [6.07, 6.45) is 7.07. The topological polar surface area (TPSA) is 9.23 Å². The summed E-state index contributed by atoms with van der Waals surface area (Å²) in [6, 6.07) is 0. The first-order valence-electron chi connectivity index (χ1n) is 4.69. The van der Waals surface area contributed by atoms with Crippen molar-refractivity contribution >= 4 is 0 Å². The van der Waals surface area contributed by atoms with Crippen molar-refractivity contribution in [3.8, 4) is 0 Å². The molecule has 0 aromatic heterocycles. The van der Waals surface area contributed by atoms with E-state index in [0.29, 0.717) is 6.10 Å².